The molecular formula is C11H11F2N3O2. The highest BCUT2D eigenvalue weighted by atomic mass is 19.1. The maximum Gasteiger partial charge on any atom is 0.197 e. The summed E-state index contributed by atoms with van der Waals surface area (Å²) in [5.41, 5.74) is 5.62. The van der Waals surface area contributed by atoms with Gasteiger partial charge in [0.25, 0.3) is 0 Å². The predicted octanol–water partition coefficient (Wildman–Crippen LogP) is 1.66. The first-order valence-electron chi connectivity index (χ1n) is 5.00. The van der Waals surface area contributed by atoms with Crippen LogP contribution < -0.4 is 10.5 Å². The second kappa shape index (κ2) is 4.17. The lowest BCUT2D eigenvalue weighted by atomic mass is 10.1. The fourth-order valence-corrected chi connectivity index (χ4v) is 1.68. The van der Waals surface area contributed by atoms with Crippen molar-refractivity contribution in [1.82, 2.24) is 9.78 Å². The molecule has 3 N–H and O–H groups in total. The average Bonchev–Trinajstić information content (AvgIpc) is 2.61. The van der Waals surface area contributed by atoms with Gasteiger partial charge in [0.05, 0.1) is 24.4 Å². The molecule has 0 bridgehead atoms. The number of nitrogens with zero attached hydrogens (tertiary/aromatic N) is 2. The number of hydrogen-bond donors (Lipinski definition) is 2. The van der Waals surface area contributed by atoms with Gasteiger partial charge < -0.3 is 15.6 Å². The van der Waals surface area contributed by atoms with Crippen LogP contribution in [0.25, 0.3) is 11.1 Å². The Morgan fingerprint density at radius 1 is 1.39 bits per heavy atom. The number of aromatic nitrogens is 2. The van der Waals surface area contributed by atoms with E-state index in [2.05, 4.69) is 9.84 Å². The lowest BCUT2D eigenvalue weighted by Crippen LogP contribution is -2.00. The van der Waals surface area contributed by atoms with Gasteiger partial charge in [-0.1, -0.05) is 0 Å². The quantitative estimate of drug-likeness (QED) is 0.856. The summed E-state index contributed by atoms with van der Waals surface area (Å²) in [5, 5.41) is 13.7. The van der Waals surface area contributed by atoms with Gasteiger partial charge in [-0.2, -0.15) is 5.10 Å². The van der Waals surface area contributed by atoms with Crippen LogP contribution in [-0.4, -0.2) is 22.0 Å². The van der Waals surface area contributed by atoms with Crippen LogP contribution in [0.15, 0.2) is 12.3 Å². The van der Waals surface area contributed by atoms with E-state index in [4.69, 9.17) is 5.73 Å². The molecule has 0 saturated heterocycles. The van der Waals surface area contributed by atoms with Gasteiger partial charge in [-0.15, -0.1) is 0 Å². The van der Waals surface area contributed by atoms with Gasteiger partial charge in [0.1, 0.15) is 11.6 Å². The van der Waals surface area contributed by atoms with Crippen LogP contribution in [0.5, 0.6) is 11.5 Å². The van der Waals surface area contributed by atoms with Crippen LogP contribution in [-0.2, 0) is 7.05 Å². The summed E-state index contributed by atoms with van der Waals surface area (Å²) in [7, 11) is 2.74. The van der Waals surface area contributed by atoms with E-state index in [1.54, 1.807) is 7.05 Å². The van der Waals surface area contributed by atoms with Crippen LogP contribution in [0.1, 0.15) is 0 Å². The summed E-state index contributed by atoms with van der Waals surface area (Å²) in [6.07, 6.45) is 1.28. The number of aromatic hydroxyl groups is 1. The Balaban J connectivity index is 2.75. The molecule has 0 unspecified atom stereocenters. The van der Waals surface area contributed by atoms with E-state index in [-0.39, 0.29) is 16.9 Å². The van der Waals surface area contributed by atoms with E-state index in [1.165, 1.54) is 18.0 Å². The summed E-state index contributed by atoms with van der Waals surface area (Å²) in [6.45, 7) is 0. The zero-order valence-electron chi connectivity index (χ0n) is 9.74. The Labute approximate surface area is 101 Å². The number of benzene rings is 1. The van der Waals surface area contributed by atoms with Gasteiger partial charge in [-0.25, -0.2) is 8.78 Å². The smallest absolute Gasteiger partial charge is 0.197 e. The van der Waals surface area contributed by atoms with Crippen molar-refractivity contribution in [2.24, 2.45) is 7.05 Å². The number of nitrogen functional groups attached to an aromatic ring is 1. The fraction of sp³-hybridized carbons (Fsp3) is 0.182. The van der Waals surface area contributed by atoms with E-state index >= 15 is 0 Å². The van der Waals surface area contributed by atoms with Crippen molar-refractivity contribution in [3.63, 3.8) is 0 Å². The largest absolute Gasteiger partial charge is 0.504 e. The number of methoxy groups -OCH3 is 1. The minimum absolute atomic E-state index is 0.151. The van der Waals surface area contributed by atoms with Gasteiger partial charge in [-0.3, -0.25) is 4.68 Å². The van der Waals surface area contributed by atoms with E-state index in [1.807, 2.05) is 0 Å². The van der Waals surface area contributed by atoms with Gasteiger partial charge in [0.15, 0.2) is 17.3 Å². The number of nitrogens with two attached hydrogens (primary N) is 1. The third-order valence-corrected chi connectivity index (χ3v) is 2.62. The Bertz CT molecular complexity index is 611. The van der Waals surface area contributed by atoms with Crippen LogP contribution in [0.2, 0.25) is 0 Å². The predicted molar refractivity (Wildman–Crippen MR) is 61.2 cm³/mol. The molecule has 0 radical (unpaired) electrons. The molecule has 2 rings (SSSR count). The minimum atomic E-state index is -0.987. The van der Waals surface area contributed by atoms with Gasteiger partial charge in [0, 0.05) is 13.1 Å². The first-order chi connectivity index (χ1) is 8.47. The summed E-state index contributed by atoms with van der Waals surface area (Å²) in [4.78, 5) is 0. The lowest BCUT2D eigenvalue weighted by Gasteiger charge is -2.10. The lowest BCUT2D eigenvalue weighted by molar-refractivity contribution is 0.349. The van der Waals surface area contributed by atoms with Crippen LogP contribution >= 0.6 is 0 Å². The number of rotatable bonds is 2. The highest BCUT2D eigenvalue weighted by Gasteiger charge is 2.23. The number of anilines is 1. The Kier molecular flexibility index (Phi) is 2.82. The maximum atomic E-state index is 13.8. The first-order valence-corrected chi connectivity index (χ1v) is 5.00. The second-order valence-corrected chi connectivity index (χ2v) is 3.66. The third kappa shape index (κ3) is 1.64. The van der Waals surface area contributed by atoms with E-state index in [0.29, 0.717) is 6.07 Å². The number of ether oxygens (including phenoxy) is 1. The van der Waals surface area contributed by atoms with E-state index < -0.39 is 23.1 Å². The molecule has 18 heavy (non-hydrogen) atoms. The van der Waals surface area contributed by atoms with Crippen LogP contribution in [0, 0.1) is 11.6 Å². The molecule has 7 heteroatoms. The number of halogens is 2. The Morgan fingerprint density at radius 3 is 2.56 bits per heavy atom. The topological polar surface area (TPSA) is 73.3 Å². The van der Waals surface area contributed by atoms with Crippen molar-refractivity contribution in [3.05, 3.63) is 23.9 Å². The maximum absolute atomic E-state index is 13.8. The molecule has 0 atom stereocenters. The van der Waals surface area contributed by atoms with Gasteiger partial charge >= 0.3 is 0 Å². The Hall–Kier alpha value is -2.31. The second-order valence-electron chi connectivity index (χ2n) is 3.66. The van der Waals surface area contributed by atoms with Gasteiger partial charge in [0.2, 0.25) is 0 Å². The van der Waals surface area contributed by atoms with Crippen molar-refractivity contribution in [1.29, 1.82) is 0 Å². The highest BCUT2D eigenvalue weighted by Crippen LogP contribution is 2.42. The van der Waals surface area contributed by atoms with E-state index in [9.17, 15) is 13.9 Å². The molecule has 0 saturated carbocycles. The van der Waals surface area contributed by atoms with Gasteiger partial charge in [-0.05, 0) is 0 Å². The summed E-state index contributed by atoms with van der Waals surface area (Å²) < 4.78 is 33.1. The van der Waals surface area contributed by atoms with Crippen molar-refractivity contribution >= 4 is 5.82 Å². The molecule has 96 valence electrons. The molecule has 1 aromatic carbocycles. The minimum Gasteiger partial charge on any atom is -0.504 e. The number of hydrogen-bond acceptors (Lipinski definition) is 4. The standard InChI is InChI=1S/C11H11F2N3O2/c1-16-11(14)5(4-15-16)8-6(12)3-7(13)10(18-2)9(8)17/h3-4,17H,14H2,1-2H3. The molecule has 0 aliphatic carbocycles. The zero-order valence-corrected chi connectivity index (χ0v) is 9.74. The summed E-state index contributed by atoms with van der Waals surface area (Å²) >= 11 is 0. The molecule has 0 aliphatic rings. The zero-order chi connectivity index (χ0) is 13.4. The average molecular weight is 255 g/mol. The number of phenols is 1. The molecule has 0 spiro atoms. The normalized spacial score (nSPS) is 10.7. The van der Waals surface area contributed by atoms with Crippen LogP contribution in [0.4, 0.5) is 14.6 Å². The molecule has 0 fully saturated rings. The van der Waals surface area contributed by atoms with E-state index in [0.717, 1.165) is 0 Å². The fourth-order valence-electron chi connectivity index (χ4n) is 1.68. The summed E-state index contributed by atoms with van der Waals surface area (Å²) in [6, 6.07) is 0.625. The molecule has 0 amide bonds. The van der Waals surface area contributed by atoms with Crippen molar-refractivity contribution < 1.29 is 18.6 Å². The number of aryl methyl sites for hydroxylation is 1. The first kappa shape index (κ1) is 12.2. The van der Waals surface area contributed by atoms with Crippen molar-refractivity contribution in [3.8, 4) is 22.6 Å². The Morgan fingerprint density at radius 2 is 2.06 bits per heavy atom. The molecule has 1 aromatic heterocycles. The molecule has 2 aromatic rings. The monoisotopic (exact) mass is 255 g/mol. The number of phenolic OH excluding ortho intramolecular Hbond substituents is 1. The van der Waals surface area contributed by atoms with Crippen molar-refractivity contribution in [2.45, 2.75) is 0 Å². The molecular weight excluding hydrogens is 244 g/mol. The third-order valence-electron chi connectivity index (χ3n) is 2.62. The highest BCUT2D eigenvalue weighted by molar-refractivity contribution is 5.80. The van der Waals surface area contributed by atoms with Crippen LogP contribution in [0.3, 0.4) is 0 Å². The molecule has 5 nitrogen and oxygen atoms in total. The SMILES string of the molecule is COc1c(F)cc(F)c(-c2cnn(C)c2N)c1O. The summed E-state index contributed by atoms with van der Waals surface area (Å²) in [5.74, 6) is -2.86. The molecule has 1 heterocycles. The van der Waals surface area contributed by atoms with Crippen molar-refractivity contribution in [2.75, 3.05) is 12.8 Å². The molecule has 0 aliphatic heterocycles.